The molecule has 0 bridgehead atoms. The van der Waals surface area contributed by atoms with Gasteiger partial charge in [0, 0.05) is 29.6 Å². The zero-order valence-electron chi connectivity index (χ0n) is 13.4. The summed E-state index contributed by atoms with van der Waals surface area (Å²) < 4.78 is 0. The van der Waals surface area contributed by atoms with Crippen LogP contribution in [0.3, 0.4) is 0 Å². The average Bonchev–Trinajstić information content (AvgIpc) is 2.45. The number of hydrogen-bond donors (Lipinski definition) is 1. The maximum atomic E-state index is 12.8. The van der Waals surface area contributed by atoms with Crippen LogP contribution in [0.25, 0.3) is 0 Å². The minimum absolute atomic E-state index is 0.0733. The summed E-state index contributed by atoms with van der Waals surface area (Å²) in [6.45, 7) is 6.06. The number of aromatic nitrogens is 1. The first kappa shape index (κ1) is 15.8. The molecule has 3 rings (SSSR count). The molecule has 23 heavy (non-hydrogen) atoms. The number of nitrogens with zero attached hydrogens (tertiary/aromatic N) is 2. The summed E-state index contributed by atoms with van der Waals surface area (Å²) in [7, 11) is 0. The van der Waals surface area contributed by atoms with E-state index in [0.717, 1.165) is 23.4 Å². The Hall–Kier alpha value is -2.12. The summed E-state index contributed by atoms with van der Waals surface area (Å²) in [6.07, 6.45) is 2.94. The Morgan fingerprint density at radius 3 is 2.74 bits per heavy atom. The number of halogens is 1. The molecule has 1 atom stereocenters. The van der Waals surface area contributed by atoms with Crippen molar-refractivity contribution in [2.45, 2.75) is 39.5 Å². The van der Waals surface area contributed by atoms with Crippen LogP contribution < -0.4 is 5.32 Å². The summed E-state index contributed by atoms with van der Waals surface area (Å²) >= 11 is 5.87. The Bertz CT molecular complexity index is 781. The highest BCUT2D eigenvalue weighted by atomic mass is 35.5. The van der Waals surface area contributed by atoms with Gasteiger partial charge in [-0.2, -0.15) is 5.26 Å². The topological polar surface area (TPSA) is 65.8 Å². The maximum Gasteiger partial charge on any atom is 0.162 e. The molecule has 1 N–H and O–H groups in total. The van der Waals surface area contributed by atoms with Crippen LogP contribution in [-0.2, 0) is 4.79 Å². The number of carbonyl (C=O) groups is 1. The van der Waals surface area contributed by atoms with Crippen LogP contribution in [0.4, 0.5) is 0 Å². The summed E-state index contributed by atoms with van der Waals surface area (Å²) in [6, 6.07) is 5.80. The predicted molar refractivity (Wildman–Crippen MR) is 88.5 cm³/mol. The van der Waals surface area contributed by atoms with Crippen molar-refractivity contribution in [3.05, 3.63) is 51.6 Å². The van der Waals surface area contributed by atoms with E-state index >= 15 is 0 Å². The first-order chi connectivity index (χ1) is 10.8. The average molecular weight is 328 g/mol. The Balaban J connectivity index is 2.17. The summed E-state index contributed by atoms with van der Waals surface area (Å²) in [5.74, 6) is -0.256. The molecule has 5 heteroatoms. The van der Waals surface area contributed by atoms with Gasteiger partial charge in [-0.15, -0.1) is 0 Å². The molecule has 1 aliphatic carbocycles. The Morgan fingerprint density at radius 1 is 1.39 bits per heavy atom. The number of ketones is 1. The monoisotopic (exact) mass is 327 g/mol. The summed E-state index contributed by atoms with van der Waals surface area (Å²) in [5, 5.41) is 13.3. The lowest BCUT2D eigenvalue weighted by atomic mass is 9.69. The first-order valence-corrected chi connectivity index (χ1v) is 7.96. The van der Waals surface area contributed by atoms with Gasteiger partial charge in [0.2, 0.25) is 0 Å². The van der Waals surface area contributed by atoms with Crippen LogP contribution in [0.15, 0.2) is 40.9 Å². The van der Waals surface area contributed by atoms with Gasteiger partial charge in [-0.1, -0.05) is 31.5 Å². The van der Waals surface area contributed by atoms with E-state index in [4.69, 9.17) is 11.6 Å². The molecule has 1 aromatic rings. The molecule has 1 aliphatic heterocycles. The molecule has 4 nitrogen and oxygen atoms in total. The van der Waals surface area contributed by atoms with E-state index in [2.05, 4.69) is 30.2 Å². The number of carbonyl (C=O) groups excluding carboxylic acids is 1. The molecular weight excluding hydrogens is 310 g/mol. The van der Waals surface area contributed by atoms with Crippen molar-refractivity contribution in [1.82, 2.24) is 10.3 Å². The molecule has 1 aromatic heterocycles. The number of allylic oxidation sites excluding steroid dienone is 4. The van der Waals surface area contributed by atoms with Crippen LogP contribution in [0, 0.1) is 16.7 Å². The van der Waals surface area contributed by atoms with Crippen molar-refractivity contribution in [2.24, 2.45) is 5.41 Å². The van der Waals surface area contributed by atoms with E-state index in [1.807, 2.05) is 13.0 Å². The number of rotatable bonds is 1. The van der Waals surface area contributed by atoms with E-state index < -0.39 is 0 Å². The second-order valence-electron chi connectivity index (χ2n) is 6.96. The third kappa shape index (κ3) is 2.77. The number of hydrogen-bond acceptors (Lipinski definition) is 4. The zero-order chi connectivity index (χ0) is 16.8. The zero-order valence-corrected chi connectivity index (χ0v) is 14.2. The van der Waals surface area contributed by atoms with Crippen LogP contribution in [0.1, 0.15) is 45.1 Å². The van der Waals surface area contributed by atoms with Gasteiger partial charge >= 0.3 is 0 Å². The van der Waals surface area contributed by atoms with Gasteiger partial charge < -0.3 is 5.32 Å². The maximum absolute atomic E-state index is 12.8. The fourth-order valence-electron chi connectivity index (χ4n) is 3.48. The standard InChI is InChI=1S/C18H18ClN3O/c1-10-12(8-20)16(11-4-5-15(19)21-9-11)17-13(22-10)6-18(2,3)7-14(17)23/h4-5,9,16,22H,6-7H2,1-3H3. The highest BCUT2D eigenvalue weighted by Crippen LogP contribution is 2.46. The number of Topliss-reactive ketones (excluding diaryl/α,β-unsaturated/α-hetero) is 1. The Morgan fingerprint density at radius 2 is 2.13 bits per heavy atom. The molecular formula is C18H18ClN3O. The minimum Gasteiger partial charge on any atom is -0.361 e. The molecule has 0 saturated carbocycles. The molecule has 118 valence electrons. The van der Waals surface area contributed by atoms with Gasteiger partial charge in [-0.3, -0.25) is 4.79 Å². The number of nitriles is 1. The summed E-state index contributed by atoms with van der Waals surface area (Å²) in [4.78, 5) is 16.9. The number of pyridine rings is 1. The quantitative estimate of drug-likeness (QED) is 0.795. The third-order valence-corrected chi connectivity index (χ3v) is 4.67. The molecule has 0 fully saturated rings. The molecule has 1 unspecified atom stereocenters. The van der Waals surface area contributed by atoms with E-state index in [1.165, 1.54) is 0 Å². The fraction of sp³-hybridized carbons (Fsp3) is 0.389. The van der Waals surface area contributed by atoms with Crippen LogP contribution >= 0.6 is 11.6 Å². The number of nitrogens with one attached hydrogen (secondary N) is 1. The van der Waals surface area contributed by atoms with Gasteiger partial charge in [0.15, 0.2) is 5.78 Å². The van der Waals surface area contributed by atoms with Gasteiger partial charge in [0.25, 0.3) is 0 Å². The normalized spacial score (nSPS) is 23.3. The molecule has 2 heterocycles. The van der Waals surface area contributed by atoms with Gasteiger partial charge in [0.1, 0.15) is 5.15 Å². The van der Waals surface area contributed by atoms with E-state index in [0.29, 0.717) is 22.7 Å². The SMILES string of the molecule is CC1=C(C#N)C(c2ccc(Cl)nc2)C2=C(CC(C)(C)CC2=O)N1. The predicted octanol–water partition coefficient (Wildman–Crippen LogP) is 3.86. The van der Waals surface area contributed by atoms with Crippen molar-refractivity contribution in [1.29, 1.82) is 5.26 Å². The van der Waals surface area contributed by atoms with Crippen LogP contribution in [0.5, 0.6) is 0 Å². The molecule has 0 saturated heterocycles. The third-order valence-electron chi connectivity index (χ3n) is 4.44. The van der Waals surface area contributed by atoms with E-state index in [1.54, 1.807) is 12.3 Å². The largest absolute Gasteiger partial charge is 0.361 e. The highest BCUT2D eigenvalue weighted by molar-refractivity contribution is 6.29. The number of dihydropyridines is 1. The molecule has 0 spiro atoms. The lowest BCUT2D eigenvalue weighted by molar-refractivity contribution is -0.118. The lowest BCUT2D eigenvalue weighted by Crippen LogP contribution is -2.36. The molecule has 0 aromatic carbocycles. The fourth-order valence-corrected chi connectivity index (χ4v) is 3.59. The lowest BCUT2D eigenvalue weighted by Gasteiger charge is -2.38. The molecule has 2 aliphatic rings. The Kier molecular flexibility index (Phi) is 3.77. The van der Waals surface area contributed by atoms with Crippen molar-refractivity contribution >= 4 is 17.4 Å². The molecule has 0 amide bonds. The first-order valence-electron chi connectivity index (χ1n) is 7.58. The summed E-state index contributed by atoms with van der Waals surface area (Å²) in [5.41, 5.74) is 3.76. The van der Waals surface area contributed by atoms with Gasteiger partial charge in [-0.25, -0.2) is 4.98 Å². The molecule has 0 radical (unpaired) electrons. The van der Waals surface area contributed by atoms with Gasteiger partial charge in [0.05, 0.1) is 17.6 Å². The van der Waals surface area contributed by atoms with Crippen molar-refractivity contribution in [3.63, 3.8) is 0 Å². The van der Waals surface area contributed by atoms with Crippen LogP contribution in [-0.4, -0.2) is 10.8 Å². The van der Waals surface area contributed by atoms with E-state index in [9.17, 15) is 10.1 Å². The Labute approximate surface area is 140 Å². The smallest absolute Gasteiger partial charge is 0.162 e. The highest BCUT2D eigenvalue weighted by Gasteiger charge is 2.41. The van der Waals surface area contributed by atoms with Crippen molar-refractivity contribution in [2.75, 3.05) is 0 Å². The second kappa shape index (κ2) is 5.50. The van der Waals surface area contributed by atoms with Crippen LogP contribution in [0.2, 0.25) is 5.15 Å². The second-order valence-corrected chi connectivity index (χ2v) is 7.34. The van der Waals surface area contributed by atoms with Crippen molar-refractivity contribution < 1.29 is 4.79 Å². The minimum atomic E-state index is -0.357. The van der Waals surface area contributed by atoms with Gasteiger partial charge in [-0.05, 0) is 30.4 Å². The van der Waals surface area contributed by atoms with E-state index in [-0.39, 0.29) is 17.1 Å². The van der Waals surface area contributed by atoms with Crippen molar-refractivity contribution in [3.8, 4) is 6.07 Å².